The zero-order valence-corrected chi connectivity index (χ0v) is 45.3. The maximum atomic E-state index is 14.4. The molecule has 6 aromatic carbocycles. The molecule has 0 aromatic heterocycles. The van der Waals surface area contributed by atoms with E-state index in [1.165, 1.54) is 27.3 Å². The van der Waals surface area contributed by atoms with Crippen LogP contribution in [-0.4, -0.2) is 59.2 Å². The van der Waals surface area contributed by atoms with Crippen LogP contribution in [0.25, 0.3) is 11.1 Å². The number of carbonyl (C=O) groups excluding carboxylic acids is 8. The van der Waals surface area contributed by atoms with Gasteiger partial charge in [-0.1, -0.05) is 92.2 Å². The van der Waals surface area contributed by atoms with E-state index in [0.717, 1.165) is 38.3 Å². The Hall–Kier alpha value is -9.04. The molecule has 6 aromatic rings. The van der Waals surface area contributed by atoms with Crippen molar-refractivity contribution in [2.45, 2.75) is 40.0 Å². The molecule has 6 aliphatic carbocycles. The third kappa shape index (κ3) is 7.30. The monoisotopic (exact) mass is 1080 g/mol. The summed E-state index contributed by atoms with van der Waals surface area (Å²) in [4.78, 5) is 116. The number of ether oxygens (including phenoxy) is 2. The average Bonchev–Trinajstić information content (AvgIpc) is 3.97. The number of hydrogen-bond donors (Lipinski definition) is 0. The molecule has 0 radical (unpaired) electrons. The van der Waals surface area contributed by atoms with E-state index in [9.17, 15) is 38.4 Å². The second-order valence-corrected chi connectivity index (χ2v) is 23.7. The van der Waals surface area contributed by atoms with Crippen molar-refractivity contribution in [3.05, 3.63) is 186 Å². The highest BCUT2D eigenvalue weighted by Gasteiger charge is 2.70. The lowest BCUT2D eigenvalue weighted by molar-refractivity contribution is -0.138. The number of rotatable bonds is 10. The van der Waals surface area contributed by atoms with Crippen LogP contribution in [0, 0.1) is 91.8 Å². The minimum atomic E-state index is -0.757. The van der Waals surface area contributed by atoms with Gasteiger partial charge in [-0.2, -0.15) is 0 Å². The Labute approximate surface area is 467 Å². The van der Waals surface area contributed by atoms with Gasteiger partial charge in [-0.3, -0.25) is 58.0 Å². The lowest BCUT2D eigenvalue weighted by atomic mass is 9.54. The smallest absolute Gasteiger partial charge is 0.238 e. The van der Waals surface area contributed by atoms with Crippen molar-refractivity contribution in [2.24, 2.45) is 71.0 Å². The molecule has 6 fully saturated rings. The Morgan fingerprint density at radius 1 is 0.346 bits per heavy atom. The molecule has 14 nitrogen and oxygen atoms in total. The van der Waals surface area contributed by atoms with E-state index >= 15 is 0 Å². The average molecular weight is 1080 g/mol. The molecule has 12 unspecified atom stereocenters. The van der Waals surface area contributed by atoms with Gasteiger partial charge >= 0.3 is 0 Å². The number of allylic oxidation sites excluding steroid dienone is 4. The predicted octanol–water partition coefficient (Wildman–Crippen LogP) is 10.1. The van der Waals surface area contributed by atoms with Crippen molar-refractivity contribution in [1.82, 2.24) is 4.90 Å². The van der Waals surface area contributed by atoms with Crippen LogP contribution in [0.5, 0.6) is 23.0 Å². The molecule has 4 aliphatic heterocycles. The maximum absolute atomic E-state index is 14.4. The molecular weight excluding hydrogens is 1020 g/mol. The first-order chi connectivity index (χ1) is 38.9. The van der Waals surface area contributed by atoms with Crippen LogP contribution in [-0.2, 0) is 43.8 Å². The van der Waals surface area contributed by atoms with Gasteiger partial charge < -0.3 is 9.47 Å². The fourth-order valence-electron chi connectivity index (χ4n) is 15.2. The highest BCUT2D eigenvalue weighted by Crippen LogP contribution is 2.60. The lowest BCUT2D eigenvalue weighted by Crippen LogP contribution is -2.50. The molecule has 16 rings (SSSR count). The zero-order chi connectivity index (χ0) is 56.2. The molecule has 2 saturated carbocycles. The Morgan fingerprint density at radius 2 is 0.630 bits per heavy atom. The highest BCUT2D eigenvalue weighted by atomic mass is 16.5. The van der Waals surface area contributed by atoms with Crippen LogP contribution >= 0.6 is 0 Å². The lowest BCUT2D eigenvalue weighted by Gasteiger charge is -2.44. The van der Waals surface area contributed by atoms with Crippen LogP contribution in [0.2, 0.25) is 0 Å². The van der Waals surface area contributed by atoms with Crippen molar-refractivity contribution in [2.75, 3.05) is 21.7 Å². The number of aryl methyl sites for hydroxylation is 3. The van der Waals surface area contributed by atoms with Crippen LogP contribution in [0.3, 0.4) is 0 Å². The van der Waals surface area contributed by atoms with E-state index in [4.69, 9.17) is 9.47 Å². The Kier molecular flexibility index (Phi) is 11.1. The van der Waals surface area contributed by atoms with Crippen molar-refractivity contribution >= 4 is 64.3 Å². The molecule has 10 aliphatic rings. The fraction of sp³-hybridized carbons (Fsp3) is 0.284. The second-order valence-electron chi connectivity index (χ2n) is 23.7. The SMILES string of the molecule is Cc1ccc(-c2ccc(N3C(=O)C4C5C=CC(C6C(=O)N(c7ccc(Oc8ccc(C(C)(C)c9ccc(Oc%10ccc(N%11C(=O)C%12C%13C=CC(C%14C(=O)N(C)C(=O)C%13%14)C%12C%11=O)cc%10)cc9)cc8)cc7)C(=O)C56)C4C3=O)cc2C)c(C)c1. The predicted molar refractivity (Wildman–Crippen MR) is 300 cm³/mol. The van der Waals surface area contributed by atoms with Gasteiger partial charge in [-0.25, -0.2) is 0 Å². The van der Waals surface area contributed by atoms with Crippen molar-refractivity contribution in [3.8, 4) is 34.1 Å². The largest absolute Gasteiger partial charge is 0.457 e. The summed E-state index contributed by atoms with van der Waals surface area (Å²) in [5, 5.41) is 0. The molecule has 12 atom stereocenters. The van der Waals surface area contributed by atoms with E-state index in [2.05, 4.69) is 45.9 Å². The number of hydrogen-bond acceptors (Lipinski definition) is 10. The Morgan fingerprint density at radius 3 is 0.963 bits per heavy atom. The van der Waals surface area contributed by atoms with Crippen LogP contribution in [0.1, 0.15) is 41.7 Å². The van der Waals surface area contributed by atoms with E-state index < -0.39 is 76.4 Å². The summed E-state index contributed by atoms with van der Waals surface area (Å²) in [7, 11) is 1.47. The molecule has 4 saturated heterocycles. The number of imide groups is 4. The summed E-state index contributed by atoms with van der Waals surface area (Å²) >= 11 is 0. The molecule has 14 heteroatoms. The fourth-order valence-corrected chi connectivity index (χ4v) is 15.2. The van der Waals surface area contributed by atoms with E-state index in [-0.39, 0.29) is 47.3 Å². The van der Waals surface area contributed by atoms with Crippen LogP contribution in [0.4, 0.5) is 17.1 Å². The number of carbonyl (C=O) groups is 8. The van der Waals surface area contributed by atoms with Gasteiger partial charge in [0.2, 0.25) is 47.3 Å². The Balaban J connectivity index is 0.603. The van der Waals surface area contributed by atoms with Crippen molar-refractivity contribution in [1.29, 1.82) is 0 Å². The normalized spacial score (nSPS) is 28.6. The summed E-state index contributed by atoms with van der Waals surface area (Å²) in [6.45, 7) is 10.3. The number of anilines is 3. The van der Waals surface area contributed by atoms with Gasteiger partial charge in [-0.05, 0) is 139 Å². The summed E-state index contributed by atoms with van der Waals surface area (Å²) in [5.74, 6) is -8.27. The number of nitrogens with zero attached hydrogens (tertiary/aromatic N) is 4. The van der Waals surface area contributed by atoms with Gasteiger partial charge in [-0.15, -0.1) is 0 Å². The summed E-state index contributed by atoms with van der Waals surface area (Å²) in [6.07, 6.45) is 7.46. The quantitative estimate of drug-likeness (QED) is 0.0951. The first-order valence-electron chi connectivity index (χ1n) is 27.7. The topological polar surface area (TPSA) is 168 Å². The second kappa shape index (κ2) is 18.0. The Bertz CT molecular complexity index is 3740. The number of amides is 8. The first kappa shape index (κ1) is 50.2. The van der Waals surface area contributed by atoms with Crippen molar-refractivity contribution < 1.29 is 47.8 Å². The first-order valence-corrected chi connectivity index (χ1v) is 27.7. The van der Waals surface area contributed by atoms with Gasteiger partial charge in [0.15, 0.2) is 0 Å². The van der Waals surface area contributed by atoms with Crippen LogP contribution < -0.4 is 24.2 Å². The van der Waals surface area contributed by atoms with Crippen LogP contribution in [0.15, 0.2) is 158 Å². The van der Waals surface area contributed by atoms with Gasteiger partial charge in [0.25, 0.3) is 0 Å². The number of likely N-dealkylation sites (tertiary alicyclic amines) is 1. The molecule has 4 heterocycles. The van der Waals surface area contributed by atoms with E-state index in [1.807, 2.05) is 98.0 Å². The van der Waals surface area contributed by atoms with E-state index in [0.29, 0.717) is 40.1 Å². The van der Waals surface area contributed by atoms with E-state index in [1.54, 1.807) is 48.5 Å². The van der Waals surface area contributed by atoms with Crippen molar-refractivity contribution in [3.63, 3.8) is 0 Å². The van der Waals surface area contributed by atoms with Gasteiger partial charge in [0.1, 0.15) is 23.0 Å². The standard InChI is InChI=1S/C67H56N4O10/c1-33-7-25-45(34(2)31-33)46-26-16-40(32-35(46)3)71-65(78)57-49-29-30-50(58(57)66(71)79)56-55(49)63(76)70(64(56)77)39-14-23-44(24-15-39)81-42-19-10-37(11-20-42)67(4,5)36-8-17-41(18-9-36)80-43-21-12-38(13-22-43)69-61(74)53-47-27-28-48(54(53)62(69)75)52-51(47)59(72)68(6)60(52)73/h7-32,47-58H,1-6H3. The summed E-state index contributed by atoms with van der Waals surface area (Å²) in [6, 6.07) is 41.1. The third-order valence-corrected chi connectivity index (χ3v) is 19.2. The molecule has 4 bridgehead atoms. The molecule has 8 amide bonds. The summed E-state index contributed by atoms with van der Waals surface area (Å²) < 4.78 is 12.4. The third-order valence-electron chi connectivity index (χ3n) is 19.2. The molecule has 0 spiro atoms. The highest BCUT2D eigenvalue weighted by molar-refractivity contribution is 6.27. The zero-order valence-electron chi connectivity index (χ0n) is 45.3. The molecular formula is C67H56N4O10. The number of benzene rings is 6. The summed E-state index contributed by atoms with van der Waals surface area (Å²) in [5.41, 5.74) is 8.30. The molecule has 81 heavy (non-hydrogen) atoms. The molecule has 0 N–H and O–H groups in total. The van der Waals surface area contributed by atoms with Gasteiger partial charge in [0, 0.05) is 36.1 Å². The minimum Gasteiger partial charge on any atom is -0.457 e. The molecule has 404 valence electrons. The minimum absolute atomic E-state index is 0.286. The maximum Gasteiger partial charge on any atom is 0.238 e. The van der Waals surface area contributed by atoms with Gasteiger partial charge in [0.05, 0.1) is 64.4 Å².